The summed E-state index contributed by atoms with van der Waals surface area (Å²) in [5.74, 6) is -1.07. The van der Waals surface area contributed by atoms with Gasteiger partial charge >= 0.3 is 0 Å². The van der Waals surface area contributed by atoms with E-state index in [4.69, 9.17) is 0 Å². The number of rotatable bonds is 4. The number of benzene rings is 2. The fraction of sp³-hybridized carbons (Fsp3) is 0.333. The van der Waals surface area contributed by atoms with Crippen molar-refractivity contribution >= 4 is 23.1 Å². The van der Waals surface area contributed by atoms with Crippen LogP contribution in [0.2, 0.25) is 0 Å². The number of non-ortho nitro benzene ring substituents is 1. The van der Waals surface area contributed by atoms with E-state index in [1.807, 2.05) is 52.8 Å². The van der Waals surface area contributed by atoms with E-state index in [9.17, 15) is 19.7 Å². The first kappa shape index (κ1) is 23.4. The van der Waals surface area contributed by atoms with E-state index in [-0.39, 0.29) is 22.8 Å². The summed E-state index contributed by atoms with van der Waals surface area (Å²) in [6.45, 7) is 9.81. The molecule has 0 saturated carbocycles. The first-order chi connectivity index (χ1) is 16.0. The molecule has 4 rings (SSSR count). The maximum absolute atomic E-state index is 13.6. The van der Waals surface area contributed by atoms with Crippen molar-refractivity contribution < 1.29 is 14.5 Å². The third-order valence-corrected chi connectivity index (χ3v) is 6.53. The Morgan fingerprint density at radius 1 is 1.12 bits per heavy atom. The van der Waals surface area contributed by atoms with Crippen LogP contribution < -0.4 is 10.6 Å². The molecule has 1 aliphatic carbocycles. The van der Waals surface area contributed by atoms with Crippen molar-refractivity contribution in [2.75, 3.05) is 5.32 Å². The number of dihydropyridines is 1. The molecule has 2 N–H and O–H groups in total. The molecule has 1 unspecified atom stereocenters. The van der Waals surface area contributed by atoms with Crippen molar-refractivity contribution in [2.24, 2.45) is 5.41 Å². The van der Waals surface area contributed by atoms with Gasteiger partial charge < -0.3 is 10.6 Å². The first-order valence-corrected chi connectivity index (χ1v) is 11.3. The lowest BCUT2D eigenvalue weighted by Crippen LogP contribution is -2.39. The Bertz CT molecular complexity index is 1290. The normalized spacial score (nSPS) is 19.4. The minimum absolute atomic E-state index is 0.0421. The predicted octanol–water partition coefficient (Wildman–Crippen LogP) is 5.45. The zero-order valence-electron chi connectivity index (χ0n) is 20.1. The van der Waals surface area contributed by atoms with Crippen molar-refractivity contribution in [2.45, 2.75) is 53.4 Å². The van der Waals surface area contributed by atoms with Gasteiger partial charge in [-0.15, -0.1) is 0 Å². The molecule has 0 fully saturated rings. The van der Waals surface area contributed by atoms with Crippen molar-refractivity contribution in [1.29, 1.82) is 0 Å². The van der Waals surface area contributed by atoms with E-state index in [0.29, 0.717) is 40.9 Å². The molecule has 1 atom stereocenters. The van der Waals surface area contributed by atoms with Crippen LogP contribution in [-0.4, -0.2) is 16.6 Å². The molecule has 1 heterocycles. The molecule has 1 aliphatic heterocycles. The van der Waals surface area contributed by atoms with Crippen molar-refractivity contribution in [3.05, 3.63) is 91.8 Å². The quantitative estimate of drug-likeness (QED) is 0.467. The molecule has 0 aromatic heterocycles. The van der Waals surface area contributed by atoms with E-state index in [1.54, 1.807) is 12.1 Å². The molecular formula is C27H29N3O4. The van der Waals surface area contributed by atoms with Gasteiger partial charge in [-0.05, 0) is 49.8 Å². The number of anilines is 1. The molecule has 7 heteroatoms. The van der Waals surface area contributed by atoms with Gasteiger partial charge in [-0.2, -0.15) is 0 Å². The number of carbonyl (C=O) groups excluding carboxylic acids is 2. The number of nitrogens with zero attached hydrogens (tertiary/aromatic N) is 1. The number of nitro benzene ring substituents is 1. The van der Waals surface area contributed by atoms with E-state index in [2.05, 4.69) is 10.6 Å². The van der Waals surface area contributed by atoms with Crippen molar-refractivity contribution in [3.8, 4) is 0 Å². The third-order valence-electron chi connectivity index (χ3n) is 6.53. The van der Waals surface area contributed by atoms with Crippen LogP contribution in [0.25, 0.3) is 0 Å². The molecule has 2 aliphatic rings. The number of carbonyl (C=O) groups is 2. The number of amides is 1. The third kappa shape index (κ3) is 4.38. The van der Waals surface area contributed by atoms with Crippen molar-refractivity contribution in [1.82, 2.24) is 5.32 Å². The SMILES string of the molecule is CC1=C(C(=O)Nc2ccc(C)cc2C)C(c2cccc([N+](=O)[O-])c2)C2=C(CC(C)(C)CC2=O)N1. The zero-order valence-corrected chi connectivity index (χ0v) is 20.1. The average Bonchev–Trinajstić information content (AvgIpc) is 2.73. The second-order valence-corrected chi connectivity index (χ2v) is 10.1. The minimum atomic E-state index is -0.689. The van der Waals surface area contributed by atoms with Crippen LogP contribution in [0.3, 0.4) is 0 Å². The number of Topliss-reactive ketones (excluding diaryl/α,β-unsaturated/α-hetero) is 1. The number of nitro groups is 1. The molecule has 34 heavy (non-hydrogen) atoms. The van der Waals surface area contributed by atoms with E-state index < -0.39 is 10.8 Å². The van der Waals surface area contributed by atoms with E-state index in [0.717, 1.165) is 16.8 Å². The highest BCUT2D eigenvalue weighted by molar-refractivity contribution is 6.10. The largest absolute Gasteiger partial charge is 0.362 e. The average molecular weight is 460 g/mol. The van der Waals surface area contributed by atoms with Gasteiger partial charge in [0, 0.05) is 52.7 Å². The van der Waals surface area contributed by atoms with Gasteiger partial charge in [0.2, 0.25) is 0 Å². The van der Waals surface area contributed by atoms with Crippen LogP contribution >= 0.6 is 0 Å². The summed E-state index contributed by atoms with van der Waals surface area (Å²) >= 11 is 0. The number of nitrogens with one attached hydrogen (secondary N) is 2. The highest BCUT2D eigenvalue weighted by Crippen LogP contribution is 2.47. The predicted molar refractivity (Wildman–Crippen MR) is 131 cm³/mol. The second-order valence-electron chi connectivity index (χ2n) is 10.1. The van der Waals surface area contributed by atoms with Crippen LogP contribution in [-0.2, 0) is 9.59 Å². The summed E-state index contributed by atoms with van der Waals surface area (Å²) in [6.07, 6.45) is 1.01. The summed E-state index contributed by atoms with van der Waals surface area (Å²) in [4.78, 5) is 38.1. The topological polar surface area (TPSA) is 101 Å². The number of allylic oxidation sites excluding steroid dienone is 3. The van der Waals surface area contributed by atoms with Gasteiger partial charge in [-0.1, -0.05) is 43.7 Å². The fourth-order valence-corrected chi connectivity index (χ4v) is 5.03. The minimum Gasteiger partial charge on any atom is -0.362 e. The number of ketones is 1. The Morgan fingerprint density at radius 2 is 1.85 bits per heavy atom. The van der Waals surface area contributed by atoms with Crippen LogP contribution in [0.4, 0.5) is 11.4 Å². The highest BCUT2D eigenvalue weighted by Gasteiger charge is 2.43. The summed E-state index contributed by atoms with van der Waals surface area (Å²) < 4.78 is 0. The van der Waals surface area contributed by atoms with Gasteiger partial charge in [0.25, 0.3) is 11.6 Å². The number of hydrogen-bond donors (Lipinski definition) is 2. The fourth-order valence-electron chi connectivity index (χ4n) is 5.03. The van der Waals surface area contributed by atoms with Crippen LogP contribution in [0.15, 0.2) is 65.0 Å². The lowest BCUT2D eigenvalue weighted by Gasteiger charge is -2.39. The van der Waals surface area contributed by atoms with Gasteiger partial charge in [0.05, 0.1) is 4.92 Å². The summed E-state index contributed by atoms with van der Waals surface area (Å²) in [5, 5.41) is 17.8. The maximum Gasteiger partial charge on any atom is 0.269 e. The molecule has 0 saturated heterocycles. The molecule has 2 aromatic carbocycles. The number of hydrogen-bond acceptors (Lipinski definition) is 5. The smallest absolute Gasteiger partial charge is 0.269 e. The van der Waals surface area contributed by atoms with Crippen LogP contribution in [0.1, 0.15) is 56.2 Å². The number of aryl methyl sites for hydroxylation is 2. The highest BCUT2D eigenvalue weighted by atomic mass is 16.6. The Labute approximate surface area is 199 Å². The Balaban J connectivity index is 1.84. The standard InChI is InChI=1S/C27H29N3O4/c1-15-9-10-20(16(2)11-15)29-26(32)23-17(3)28-21-13-27(4,5)14-22(31)25(21)24(23)18-7-6-8-19(12-18)30(33)34/h6-12,24,28H,13-14H2,1-5H3,(H,29,32). The summed E-state index contributed by atoms with van der Waals surface area (Å²) in [6, 6.07) is 12.0. The second kappa shape index (κ2) is 8.56. The van der Waals surface area contributed by atoms with Gasteiger partial charge in [-0.3, -0.25) is 19.7 Å². The Kier molecular flexibility index (Phi) is 5.89. The summed E-state index contributed by atoms with van der Waals surface area (Å²) in [7, 11) is 0. The van der Waals surface area contributed by atoms with Crippen LogP contribution in [0.5, 0.6) is 0 Å². The van der Waals surface area contributed by atoms with E-state index in [1.165, 1.54) is 12.1 Å². The maximum atomic E-state index is 13.6. The molecule has 0 radical (unpaired) electrons. The first-order valence-electron chi connectivity index (χ1n) is 11.3. The molecule has 7 nitrogen and oxygen atoms in total. The molecule has 0 spiro atoms. The molecule has 1 amide bonds. The summed E-state index contributed by atoms with van der Waals surface area (Å²) in [5.41, 5.74) is 5.32. The molecule has 2 aromatic rings. The monoisotopic (exact) mass is 459 g/mol. The molecule has 0 bridgehead atoms. The zero-order chi connectivity index (χ0) is 24.8. The molecular weight excluding hydrogens is 430 g/mol. The lowest BCUT2D eigenvalue weighted by molar-refractivity contribution is -0.384. The lowest BCUT2D eigenvalue weighted by atomic mass is 9.68. The van der Waals surface area contributed by atoms with Crippen LogP contribution in [0, 0.1) is 29.4 Å². The molecule has 176 valence electrons. The van der Waals surface area contributed by atoms with E-state index >= 15 is 0 Å². The Hall–Kier alpha value is -3.74. The van der Waals surface area contributed by atoms with Gasteiger partial charge in [0.15, 0.2) is 5.78 Å². The Morgan fingerprint density at radius 3 is 2.53 bits per heavy atom. The van der Waals surface area contributed by atoms with Crippen molar-refractivity contribution in [3.63, 3.8) is 0 Å². The van der Waals surface area contributed by atoms with Gasteiger partial charge in [-0.25, -0.2) is 0 Å². The van der Waals surface area contributed by atoms with Gasteiger partial charge in [0.1, 0.15) is 0 Å².